The Balaban J connectivity index is 0.000000311. The highest BCUT2D eigenvalue weighted by atomic mass is 19.1. The second kappa shape index (κ2) is 14.6. The Labute approximate surface area is 212 Å². The summed E-state index contributed by atoms with van der Waals surface area (Å²) in [6.07, 6.45) is 0. The Morgan fingerprint density at radius 2 is 1.62 bits per heavy atom. The normalized spacial score (nSPS) is 10.2. The van der Waals surface area contributed by atoms with Gasteiger partial charge in [-0.25, -0.2) is 13.8 Å². The van der Waals surface area contributed by atoms with Crippen LogP contribution >= 0.6 is 0 Å². The Morgan fingerprint density at radius 3 is 2.22 bits per heavy atom. The minimum atomic E-state index is -1.16. The number of aliphatic hydroxyl groups is 1. The number of nitrogens with zero attached hydrogens (tertiary/aromatic N) is 3. The van der Waals surface area contributed by atoms with Crippen LogP contribution in [0.15, 0.2) is 60.7 Å². The van der Waals surface area contributed by atoms with E-state index in [0.717, 1.165) is 23.2 Å². The van der Waals surface area contributed by atoms with E-state index in [9.17, 15) is 28.4 Å². The van der Waals surface area contributed by atoms with E-state index < -0.39 is 22.2 Å². The van der Waals surface area contributed by atoms with Gasteiger partial charge in [-0.15, -0.1) is 0 Å². The summed E-state index contributed by atoms with van der Waals surface area (Å²) >= 11 is 0. The van der Waals surface area contributed by atoms with Gasteiger partial charge in [-0.2, -0.15) is 4.39 Å². The van der Waals surface area contributed by atoms with Crippen LogP contribution in [0.25, 0.3) is 11.0 Å². The number of hydrogen-bond acceptors (Lipinski definition) is 6. The zero-order valence-electron chi connectivity index (χ0n) is 20.7. The summed E-state index contributed by atoms with van der Waals surface area (Å²) in [6, 6.07) is 13.4. The fraction of sp³-hybridized carbons (Fsp3) is 0.269. The molecule has 0 saturated carbocycles. The molecule has 4 aromatic rings. The number of ether oxygens (including phenoxy) is 2. The second-order valence-corrected chi connectivity index (χ2v) is 7.09. The summed E-state index contributed by atoms with van der Waals surface area (Å²) in [5, 5.41) is 19.5. The highest BCUT2D eigenvalue weighted by Gasteiger charge is 2.13. The molecule has 1 heterocycles. The molecule has 1 aromatic heterocycles. The summed E-state index contributed by atoms with van der Waals surface area (Å²) in [4.78, 5) is 13.5. The highest BCUT2D eigenvalue weighted by Crippen LogP contribution is 2.26. The first kappa shape index (κ1) is 29.3. The van der Waals surface area contributed by atoms with Crippen molar-refractivity contribution in [3.8, 4) is 11.5 Å². The zero-order chi connectivity index (χ0) is 27.4. The van der Waals surface area contributed by atoms with E-state index in [1.165, 1.54) is 12.1 Å². The van der Waals surface area contributed by atoms with Crippen LogP contribution < -0.4 is 4.74 Å². The number of benzene rings is 3. The SMILES string of the molecule is CC.CCOCCn1c(CO)nc2ccc(Oc3ccc(F)cc3)cc21.O=[N+]([O-])c1ccc(F)cc1F. The van der Waals surface area contributed by atoms with E-state index >= 15 is 0 Å². The van der Waals surface area contributed by atoms with Gasteiger partial charge < -0.3 is 19.1 Å². The monoisotopic (exact) mass is 519 g/mol. The lowest BCUT2D eigenvalue weighted by atomic mass is 10.3. The maximum absolute atomic E-state index is 13.0. The first-order valence-electron chi connectivity index (χ1n) is 11.5. The Bertz CT molecular complexity index is 1300. The molecule has 8 nitrogen and oxygen atoms in total. The van der Waals surface area contributed by atoms with Crippen LogP contribution in [0.3, 0.4) is 0 Å². The summed E-state index contributed by atoms with van der Waals surface area (Å²) in [5.74, 6) is -0.527. The molecule has 3 aromatic carbocycles. The minimum absolute atomic E-state index is 0.144. The minimum Gasteiger partial charge on any atom is -0.457 e. The van der Waals surface area contributed by atoms with Crippen LogP contribution in [0.5, 0.6) is 11.5 Å². The fourth-order valence-electron chi connectivity index (χ4n) is 3.15. The molecular formula is C26H28F3N3O5. The maximum atomic E-state index is 13.0. The van der Waals surface area contributed by atoms with E-state index in [-0.39, 0.29) is 12.4 Å². The number of aliphatic hydroxyl groups excluding tert-OH is 1. The molecule has 11 heteroatoms. The van der Waals surface area contributed by atoms with E-state index in [0.29, 0.717) is 43.1 Å². The largest absolute Gasteiger partial charge is 0.457 e. The number of fused-ring (bicyclic) bond motifs is 1. The van der Waals surface area contributed by atoms with Gasteiger partial charge in [-0.3, -0.25) is 10.1 Å². The Morgan fingerprint density at radius 1 is 0.973 bits per heavy atom. The third kappa shape index (κ3) is 8.29. The molecule has 0 radical (unpaired) electrons. The van der Waals surface area contributed by atoms with Gasteiger partial charge in [0.15, 0.2) is 0 Å². The van der Waals surface area contributed by atoms with Gasteiger partial charge in [0.1, 0.15) is 35.6 Å². The first-order chi connectivity index (χ1) is 17.8. The molecule has 198 valence electrons. The zero-order valence-corrected chi connectivity index (χ0v) is 20.7. The molecule has 0 bridgehead atoms. The fourth-order valence-corrected chi connectivity index (χ4v) is 3.15. The average molecular weight is 520 g/mol. The molecule has 0 aliphatic heterocycles. The van der Waals surface area contributed by atoms with E-state index in [2.05, 4.69) is 4.98 Å². The van der Waals surface area contributed by atoms with Gasteiger partial charge in [-0.05, 0) is 49.4 Å². The molecule has 4 rings (SSSR count). The van der Waals surface area contributed by atoms with Gasteiger partial charge in [0, 0.05) is 31.4 Å². The molecule has 0 spiro atoms. The number of nitro benzene ring substituents is 1. The van der Waals surface area contributed by atoms with Crippen molar-refractivity contribution in [3.05, 3.63) is 94.1 Å². The predicted molar refractivity (Wildman–Crippen MR) is 133 cm³/mol. The third-order valence-corrected chi connectivity index (χ3v) is 4.76. The van der Waals surface area contributed by atoms with Crippen LogP contribution in [0.1, 0.15) is 26.6 Å². The van der Waals surface area contributed by atoms with Crippen LogP contribution in [0.2, 0.25) is 0 Å². The number of hydrogen-bond donors (Lipinski definition) is 1. The lowest BCUT2D eigenvalue weighted by Gasteiger charge is -2.09. The summed E-state index contributed by atoms with van der Waals surface area (Å²) in [7, 11) is 0. The van der Waals surface area contributed by atoms with E-state index in [4.69, 9.17) is 9.47 Å². The Kier molecular flexibility index (Phi) is 11.5. The molecule has 0 amide bonds. The highest BCUT2D eigenvalue weighted by molar-refractivity contribution is 5.78. The summed E-state index contributed by atoms with van der Waals surface area (Å²) in [5.41, 5.74) is 0.923. The van der Waals surface area contributed by atoms with Gasteiger partial charge in [-0.1, -0.05) is 13.8 Å². The molecule has 0 saturated heterocycles. The molecular weight excluding hydrogens is 491 g/mol. The van der Waals surface area contributed by atoms with E-state index in [1.54, 1.807) is 18.2 Å². The maximum Gasteiger partial charge on any atom is 0.304 e. The molecule has 0 aliphatic carbocycles. The molecule has 37 heavy (non-hydrogen) atoms. The first-order valence-corrected chi connectivity index (χ1v) is 11.5. The number of nitro groups is 1. The quantitative estimate of drug-likeness (QED) is 0.164. The lowest BCUT2D eigenvalue weighted by Crippen LogP contribution is -2.09. The second-order valence-electron chi connectivity index (χ2n) is 7.09. The van der Waals surface area contributed by atoms with Crippen molar-refractivity contribution in [3.63, 3.8) is 0 Å². The number of halogens is 3. The summed E-state index contributed by atoms with van der Waals surface area (Å²) < 4.78 is 50.6. The van der Waals surface area contributed by atoms with Gasteiger partial charge in [0.2, 0.25) is 5.82 Å². The topological polar surface area (TPSA) is 99.7 Å². The van der Waals surface area contributed by atoms with Crippen molar-refractivity contribution in [2.45, 2.75) is 33.9 Å². The Hall–Kier alpha value is -3.96. The number of aromatic nitrogens is 2. The van der Waals surface area contributed by atoms with Crippen LogP contribution in [0.4, 0.5) is 18.9 Å². The smallest absolute Gasteiger partial charge is 0.304 e. The third-order valence-electron chi connectivity index (χ3n) is 4.76. The van der Waals surface area contributed by atoms with Gasteiger partial charge in [0.05, 0.1) is 22.6 Å². The van der Waals surface area contributed by atoms with Crippen LogP contribution in [-0.2, 0) is 17.9 Å². The summed E-state index contributed by atoms with van der Waals surface area (Å²) in [6.45, 7) is 7.57. The van der Waals surface area contributed by atoms with Crippen LogP contribution in [0, 0.1) is 27.6 Å². The van der Waals surface area contributed by atoms with Crippen molar-refractivity contribution < 1.29 is 32.7 Å². The van der Waals surface area contributed by atoms with Crippen molar-refractivity contribution in [2.75, 3.05) is 13.2 Å². The molecule has 0 aliphatic rings. The number of imidazole rings is 1. The molecule has 0 atom stereocenters. The molecule has 0 fully saturated rings. The molecule has 0 unspecified atom stereocenters. The molecule has 1 N–H and O–H groups in total. The standard InChI is InChI=1S/C18H19FN2O3.C6H3F2NO2.C2H6/c1-2-23-10-9-21-17-11-15(7-8-16(17)20-18(21)12-22)24-14-5-3-13(19)4-6-14;7-4-1-2-6(9(10)11)5(8)3-4;1-2/h3-8,11,22H,2,9-10,12H2,1H3;1-3H;1-2H3. The van der Waals surface area contributed by atoms with Crippen LogP contribution in [-0.4, -0.2) is 32.8 Å². The van der Waals surface area contributed by atoms with Crippen molar-refractivity contribution in [1.29, 1.82) is 0 Å². The van der Waals surface area contributed by atoms with E-state index in [1.807, 2.05) is 37.5 Å². The van der Waals surface area contributed by atoms with Gasteiger partial charge in [0.25, 0.3) is 0 Å². The predicted octanol–water partition coefficient (Wildman–Crippen LogP) is 6.40. The average Bonchev–Trinajstić information content (AvgIpc) is 3.24. The van der Waals surface area contributed by atoms with Gasteiger partial charge >= 0.3 is 5.69 Å². The van der Waals surface area contributed by atoms with Crippen molar-refractivity contribution in [1.82, 2.24) is 9.55 Å². The van der Waals surface area contributed by atoms with Crippen molar-refractivity contribution >= 4 is 16.7 Å². The lowest BCUT2D eigenvalue weighted by molar-refractivity contribution is -0.387. The van der Waals surface area contributed by atoms with Crippen molar-refractivity contribution in [2.24, 2.45) is 0 Å². The number of rotatable bonds is 8.